The molecule has 1 heterocycles. The molecule has 110 valence electrons. The maximum Gasteiger partial charge on any atom is 0.253 e. The van der Waals surface area contributed by atoms with Crippen molar-refractivity contribution in [2.24, 2.45) is 0 Å². The fourth-order valence-electron chi connectivity index (χ4n) is 2.49. The van der Waals surface area contributed by atoms with Crippen molar-refractivity contribution >= 4 is 34.8 Å². The fourth-order valence-corrected chi connectivity index (χ4v) is 2.82. The monoisotopic (exact) mass is 315 g/mol. The number of benzene rings is 1. The Balaban J connectivity index is 2.14. The van der Waals surface area contributed by atoms with Crippen molar-refractivity contribution in [3.05, 3.63) is 27.7 Å². The zero-order chi connectivity index (χ0) is 14.9. The van der Waals surface area contributed by atoms with Crippen LogP contribution in [0.5, 0.6) is 0 Å². The van der Waals surface area contributed by atoms with Crippen molar-refractivity contribution < 1.29 is 4.79 Å². The van der Waals surface area contributed by atoms with E-state index in [0.717, 1.165) is 25.9 Å². The number of nitrogens with zero attached hydrogens (tertiary/aromatic N) is 2. The number of piperidine rings is 1. The minimum absolute atomic E-state index is 0.0650. The average molecular weight is 316 g/mol. The van der Waals surface area contributed by atoms with Crippen molar-refractivity contribution in [2.75, 3.05) is 32.9 Å². The fraction of sp³-hybridized carbons (Fsp3) is 0.500. The lowest BCUT2D eigenvalue weighted by molar-refractivity contribution is 0.0659. The van der Waals surface area contributed by atoms with Gasteiger partial charge in [-0.25, -0.2) is 0 Å². The van der Waals surface area contributed by atoms with Gasteiger partial charge in [0.05, 0.1) is 15.7 Å². The summed E-state index contributed by atoms with van der Waals surface area (Å²) in [6.45, 7) is 2.01. The second-order valence-electron chi connectivity index (χ2n) is 5.31. The van der Waals surface area contributed by atoms with Gasteiger partial charge < -0.3 is 15.5 Å². The smallest absolute Gasteiger partial charge is 0.253 e. The van der Waals surface area contributed by atoms with Crippen LogP contribution in [-0.2, 0) is 0 Å². The highest BCUT2D eigenvalue weighted by molar-refractivity contribution is 6.43. The van der Waals surface area contributed by atoms with E-state index in [0.29, 0.717) is 21.3 Å². The summed E-state index contributed by atoms with van der Waals surface area (Å²) in [4.78, 5) is 16.5. The van der Waals surface area contributed by atoms with Gasteiger partial charge in [0.25, 0.3) is 5.91 Å². The molecule has 0 unspecified atom stereocenters. The van der Waals surface area contributed by atoms with Crippen LogP contribution in [0.4, 0.5) is 5.69 Å². The van der Waals surface area contributed by atoms with Gasteiger partial charge in [0.15, 0.2) is 0 Å². The first-order valence-corrected chi connectivity index (χ1v) is 7.36. The number of carbonyl (C=O) groups excluding carboxylic acids is 1. The summed E-state index contributed by atoms with van der Waals surface area (Å²) in [6, 6.07) is 3.42. The number of nitrogens with two attached hydrogens (primary N) is 1. The van der Waals surface area contributed by atoms with E-state index in [2.05, 4.69) is 11.9 Å². The highest BCUT2D eigenvalue weighted by atomic mass is 35.5. The van der Waals surface area contributed by atoms with Crippen molar-refractivity contribution in [3.8, 4) is 0 Å². The first-order valence-electron chi connectivity index (χ1n) is 6.60. The van der Waals surface area contributed by atoms with E-state index < -0.39 is 0 Å². The van der Waals surface area contributed by atoms with Crippen LogP contribution in [0, 0.1) is 0 Å². The first kappa shape index (κ1) is 15.4. The van der Waals surface area contributed by atoms with Crippen molar-refractivity contribution in [3.63, 3.8) is 0 Å². The molecule has 1 aliphatic heterocycles. The molecule has 6 heteroatoms. The van der Waals surface area contributed by atoms with Gasteiger partial charge in [-0.1, -0.05) is 23.2 Å². The summed E-state index contributed by atoms with van der Waals surface area (Å²) < 4.78 is 0. The maximum atomic E-state index is 12.5. The Morgan fingerprint density at radius 2 is 1.95 bits per heavy atom. The van der Waals surface area contributed by atoms with Crippen LogP contribution in [0.25, 0.3) is 0 Å². The molecule has 0 bridgehead atoms. The van der Waals surface area contributed by atoms with Crippen molar-refractivity contribution in [1.82, 2.24) is 9.80 Å². The number of rotatable bonds is 2. The molecule has 1 saturated heterocycles. The SMILES string of the molecule is CN1CCC(N(C)C(=O)c2cc(N)c(Cl)c(Cl)c2)CC1. The third-order valence-corrected chi connectivity index (χ3v) is 4.68. The molecule has 4 nitrogen and oxygen atoms in total. The quantitative estimate of drug-likeness (QED) is 0.854. The molecule has 2 rings (SSSR count). The maximum absolute atomic E-state index is 12.5. The number of hydrogen-bond donors (Lipinski definition) is 1. The molecule has 0 aliphatic carbocycles. The molecule has 1 aliphatic rings. The van der Waals surface area contributed by atoms with Crippen LogP contribution in [0.15, 0.2) is 12.1 Å². The number of nitrogen functional groups attached to an aromatic ring is 1. The van der Waals surface area contributed by atoms with Gasteiger partial charge in [-0.15, -0.1) is 0 Å². The zero-order valence-electron chi connectivity index (χ0n) is 11.7. The minimum Gasteiger partial charge on any atom is -0.397 e. The number of halogens is 2. The van der Waals surface area contributed by atoms with Gasteiger partial charge in [0, 0.05) is 18.7 Å². The second-order valence-corrected chi connectivity index (χ2v) is 6.10. The van der Waals surface area contributed by atoms with Crippen molar-refractivity contribution in [2.45, 2.75) is 18.9 Å². The van der Waals surface area contributed by atoms with E-state index in [-0.39, 0.29) is 11.9 Å². The van der Waals surface area contributed by atoms with Gasteiger partial charge in [-0.2, -0.15) is 0 Å². The summed E-state index contributed by atoms with van der Waals surface area (Å²) in [5.41, 5.74) is 6.58. The van der Waals surface area contributed by atoms with Gasteiger partial charge in [-0.3, -0.25) is 4.79 Å². The molecule has 1 aromatic carbocycles. The van der Waals surface area contributed by atoms with Crippen molar-refractivity contribution in [1.29, 1.82) is 0 Å². The predicted molar refractivity (Wildman–Crippen MR) is 83.5 cm³/mol. The summed E-state index contributed by atoms with van der Waals surface area (Å²) in [5, 5.41) is 0.608. The van der Waals surface area contributed by atoms with E-state index >= 15 is 0 Å². The highest BCUT2D eigenvalue weighted by Gasteiger charge is 2.25. The topological polar surface area (TPSA) is 49.6 Å². The summed E-state index contributed by atoms with van der Waals surface area (Å²) >= 11 is 11.9. The molecular weight excluding hydrogens is 297 g/mol. The van der Waals surface area contributed by atoms with Crippen LogP contribution < -0.4 is 5.73 Å². The third kappa shape index (κ3) is 3.19. The number of hydrogen-bond acceptors (Lipinski definition) is 3. The third-order valence-electron chi connectivity index (χ3n) is 3.86. The van der Waals surface area contributed by atoms with E-state index in [1.54, 1.807) is 17.0 Å². The molecule has 2 N–H and O–H groups in total. The number of anilines is 1. The summed E-state index contributed by atoms with van der Waals surface area (Å²) in [6.07, 6.45) is 1.96. The Hall–Kier alpha value is -0.970. The Labute approximate surface area is 129 Å². The van der Waals surface area contributed by atoms with Gasteiger partial charge in [0.1, 0.15) is 0 Å². The van der Waals surface area contributed by atoms with Crippen LogP contribution in [0.3, 0.4) is 0 Å². The summed E-state index contributed by atoms with van der Waals surface area (Å²) in [5.74, 6) is -0.0650. The molecule has 0 saturated carbocycles. The predicted octanol–water partition coefficient (Wildman–Crippen LogP) is 2.74. The summed E-state index contributed by atoms with van der Waals surface area (Å²) in [7, 11) is 3.93. The van der Waals surface area contributed by atoms with Crippen LogP contribution in [0.1, 0.15) is 23.2 Å². The second kappa shape index (κ2) is 6.20. The number of carbonyl (C=O) groups is 1. The Morgan fingerprint density at radius 3 is 2.50 bits per heavy atom. The normalized spacial score (nSPS) is 17.2. The van der Waals surface area contributed by atoms with E-state index in [1.165, 1.54) is 0 Å². The highest BCUT2D eigenvalue weighted by Crippen LogP contribution is 2.30. The molecule has 1 fully saturated rings. The molecular formula is C14H19Cl2N3O. The Morgan fingerprint density at radius 1 is 1.35 bits per heavy atom. The minimum atomic E-state index is -0.0650. The molecule has 1 aromatic rings. The standard InChI is InChI=1S/C14H19Cl2N3O/c1-18-5-3-10(4-6-18)19(2)14(20)9-7-11(15)13(16)12(17)8-9/h7-8,10H,3-6,17H2,1-2H3. The van der Waals surface area contributed by atoms with Gasteiger partial charge >= 0.3 is 0 Å². The lowest BCUT2D eigenvalue weighted by Gasteiger charge is -2.35. The lowest BCUT2D eigenvalue weighted by Crippen LogP contribution is -2.44. The first-order chi connectivity index (χ1) is 9.40. The molecule has 0 atom stereocenters. The van der Waals surface area contributed by atoms with Gasteiger partial charge in [0.2, 0.25) is 0 Å². The Bertz CT molecular complexity index is 490. The molecule has 1 amide bonds. The Kier molecular flexibility index (Phi) is 4.78. The number of likely N-dealkylation sites (tertiary alicyclic amines) is 1. The van der Waals surface area contributed by atoms with E-state index in [4.69, 9.17) is 28.9 Å². The largest absolute Gasteiger partial charge is 0.397 e. The van der Waals surface area contributed by atoms with E-state index in [9.17, 15) is 4.79 Å². The number of amides is 1. The van der Waals surface area contributed by atoms with Crippen LogP contribution in [-0.4, -0.2) is 48.9 Å². The van der Waals surface area contributed by atoms with Gasteiger partial charge in [-0.05, 0) is 45.1 Å². The lowest BCUT2D eigenvalue weighted by atomic mass is 10.0. The zero-order valence-corrected chi connectivity index (χ0v) is 13.2. The molecule has 20 heavy (non-hydrogen) atoms. The molecule has 0 radical (unpaired) electrons. The van der Waals surface area contributed by atoms with E-state index in [1.807, 2.05) is 7.05 Å². The average Bonchev–Trinajstić information content (AvgIpc) is 2.43. The molecule has 0 aromatic heterocycles. The van der Waals surface area contributed by atoms with Crippen LogP contribution in [0.2, 0.25) is 10.0 Å². The van der Waals surface area contributed by atoms with Crippen LogP contribution >= 0.6 is 23.2 Å². The molecule has 0 spiro atoms.